The number of carbonyl (C=O) groups is 1. The Bertz CT molecular complexity index is 634. The van der Waals surface area contributed by atoms with Gasteiger partial charge in [0, 0.05) is 13.2 Å². The van der Waals surface area contributed by atoms with Gasteiger partial charge in [-0.25, -0.2) is 9.48 Å². The molecule has 0 aliphatic carbocycles. The van der Waals surface area contributed by atoms with Crippen molar-refractivity contribution in [2.75, 3.05) is 11.9 Å². The van der Waals surface area contributed by atoms with Crippen LogP contribution >= 0.6 is 11.6 Å². The third-order valence-corrected chi connectivity index (χ3v) is 2.86. The summed E-state index contributed by atoms with van der Waals surface area (Å²) < 4.78 is 6.86. The number of hydrogen-bond acceptors (Lipinski definition) is 4. The van der Waals surface area contributed by atoms with Crippen molar-refractivity contribution in [2.45, 2.75) is 26.4 Å². The van der Waals surface area contributed by atoms with Crippen LogP contribution in [0.1, 0.15) is 20.8 Å². The first kappa shape index (κ1) is 15.3. The van der Waals surface area contributed by atoms with Gasteiger partial charge in [-0.15, -0.1) is 0 Å². The molecular formula is C14H17ClN4O2. The summed E-state index contributed by atoms with van der Waals surface area (Å²) in [4.78, 5) is 17.4. The number of halogens is 1. The van der Waals surface area contributed by atoms with Gasteiger partial charge in [-0.05, 0) is 32.9 Å². The largest absolute Gasteiger partial charge is 0.443 e. The topological polar surface area (TPSA) is 60.2 Å². The van der Waals surface area contributed by atoms with Gasteiger partial charge in [-0.1, -0.05) is 11.6 Å². The molecule has 0 N–H and O–H groups in total. The average molecular weight is 309 g/mol. The number of ether oxygens (including phenoxy) is 1. The molecule has 0 unspecified atom stereocenters. The number of rotatable bonds is 2. The van der Waals surface area contributed by atoms with E-state index in [4.69, 9.17) is 16.3 Å². The van der Waals surface area contributed by atoms with Gasteiger partial charge < -0.3 is 4.74 Å². The van der Waals surface area contributed by atoms with Crippen LogP contribution in [0, 0.1) is 0 Å². The third kappa shape index (κ3) is 3.72. The molecule has 2 heterocycles. The van der Waals surface area contributed by atoms with Crippen molar-refractivity contribution < 1.29 is 9.53 Å². The molecule has 2 rings (SSSR count). The van der Waals surface area contributed by atoms with Crippen LogP contribution in [0.25, 0.3) is 5.69 Å². The maximum atomic E-state index is 12.1. The summed E-state index contributed by atoms with van der Waals surface area (Å²) in [6, 6.07) is 3.63. The van der Waals surface area contributed by atoms with Crippen molar-refractivity contribution in [2.24, 2.45) is 0 Å². The fourth-order valence-corrected chi connectivity index (χ4v) is 1.88. The molecule has 6 nitrogen and oxygen atoms in total. The molecule has 0 aliphatic rings. The van der Waals surface area contributed by atoms with E-state index < -0.39 is 11.7 Å². The zero-order valence-electron chi connectivity index (χ0n) is 12.4. The zero-order valence-corrected chi connectivity index (χ0v) is 13.1. The molecule has 0 saturated heterocycles. The van der Waals surface area contributed by atoms with E-state index in [1.54, 1.807) is 57.2 Å². The van der Waals surface area contributed by atoms with Gasteiger partial charge in [0.1, 0.15) is 11.3 Å². The maximum absolute atomic E-state index is 12.1. The van der Waals surface area contributed by atoms with E-state index in [0.29, 0.717) is 5.69 Å². The number of amides is 1. The van der Waals surface area contributed by atoms with Gasteiger partial charge in [0.25, 0.3) is 0 Å². The highest BCUT2D eigenvalue weighted by atomic mass is 35.5. The Morgan fingerprint density at radius 2 is 2.14 bits per heavy atom. The van der Waals surface area contributed by atoms with Gasteiger partial charge in [-0.2, -0.15) is 5.10 Å². The van der Waals surface area contributed by atoms with Crippen LogP contribution in [0.2, 0.25) is 5.15 Å². The van der Waals surface area contributed by atoms with Crippen LogP contribution < -0.4 is 4.90 Å². The minimum absolute atomic E-state index is 0.215. The van der Waals surface area contributed by atoms with E-state index in [-0.39, 0.29) is 5.15 Å². The molecule has 0 atom stereocenters. The van der Waals surface area contributed by atoms with Crippen LogP contribution in [0.4, 0.5) is 10.5 Å². The first-order valence-corrected chi connectivity index (χ1v) is 6.78. The number of nitrogens with zero attached hydrogens (tertiary/aromatic N) is 4. The van der Waals surface area contributed by atoms with Crippen LogP contribution in [0.5, 0.6) is 0 Å². The number of hydrogen-bond donors (Lipinski definition) is 0. The summed E-state index contributed by atoms with van der Waals surface area (Å²) in [5.74, 6) is 0. The SMILES string of the molecule is CN(C(=O)OC(C)(C)C)c1cn(-c2cccnc2)nc1Cl. The molecule has 0 bridgehead atoms. The molecular weight excluding hydrogens is 292 g/mol. The second kappa shape index (κ2) is 5.73. The van der Waals surface area contributed by atoms with Crippen molar-refractivity contribution in [1.82, 2.24) is 14.8 Å². The molecule has 7 heteroatoms. The summed E-state index contributed by atoms with van der Waals surface area (Å²) in [5.41, 5.74) is 0.648. The molecule has 0 aromatic carbocycles. The molecule has 0 fully saturated rings. The van der Waals surface area contributed by atoms with Gasteiger partial charge >= 0.3 is 6.09 Å². The predicted molar refractivity (Wildman–Crippen MR) is 81.0 cm³/mol. The van der Waals surface area contributed by atoms with Crippen LogP contribution in [0.15, 0.2) is 30.7 Å². The fraction of sp³-hybridized carbons (Fsp3) is 0.357. The Morgan fingerprint density at radius 1 is 1.43 bits per heavy atom. The highest BCUT2D eigenvalue weighted by Gasteiger charge is 2.23. The summed E-state index contributed by atoms with van der Waals surface area (Å²) >= 11 is 6.10. The highest BCUT2D eigenvalue weighted by molar-refractivity contribution is 6.32. The van der Waals surface area contributed by atoms with Crippen LogP contribution in [-0.4, -0.2) is 33.5 Å². The highest BCUT2D eigenvalue weighted by Crippen LogP contribution is 2.26. The zero-order chi connectivity index (χ0) is 15.6. The quantitative estimate of drug-likeness (QED) is 0.854. The Morgan fingerprint density at radius 3 is 2.71 bits per heavy atom. The monoisotopic (exact) mass is 308 g/mol. The first-order valence-electron chi connectivity index (χ1n) is 6.40. The lowest BCUT2D eigenvalue weighted by Gasteiger charge is -2.23. The molecule has 0 radical (unpaired) electrons. The lowest BCUT2D eigenvalue weighted by atomic mass is 10.2. The van der Waals surface area contributed by atoms with Gasteiger partial charge in [0.05, 0.1) is 18.1 Å². The molecule has 2 aromatic rings. The maximum Gasteiger partial charge on any atom is 0.414 e. The predicted octanol–water partition coefficient (Wildman–Crippen LogP) is 3.29. The summed E-state index contributed by atoms with van der Waals surface area (Å²) in [7, 11) is 1.59. The summed E-state index contributed by atoms with van der Waals surface area (Å²) in [5, 5.41) is 4.39. The molecule has 0 aliphatic heterocycles. The van der Waals surface area contributed by atoms with Crippen molar-refractivity contribution in [3.8, 4) is 5.69 Å². The Labute approximate surface area is 128 Å². The third-order valence-electron chi connectivity index (χ3n) is 2.59. The van der Waals surface area contributed by atoms with E-state index in [9.17, 15) is 4.79 Å². The minimum atomic E-state index is -0.572. The second-order valence-corrected chi connectivity index (χ2v) is 5.86. The Kier molecular flexibility index (Phi) is 4.18. The normalized spacial score (nSPS) is 11.3. The lowest BCUT2D eigenvalue weighted by molar-refractivity contribution is 0.0589. The second-order valence-electron chi connectivity index (χ2n) is 5.50. The van der Waals surface area contributed by atoms with E-state index >= 15 is 0 Å². The van der Waals surface area contributed by atoms with E-state index in [1.807, 2.05) is 6.07 Å². The lowest BCUT2D eigenvalue weighted by Crippen LogP contribution is -2.34. The van der Waals surface area contributed by atoms with E-state index in [2.05, 4.69) is 10.1 Å². The number of anilines is 1. The number of aromatic nitrogens is 3. The Balaban J connectivity index is 2.25. The van der Waals surface area contributed by atoms with Crippen molar-refractivity contribution in [3.05, 3.63) is 35.9 Å². The standard InChI is InChI=1S/C14H17ClN4O2/c1-14(2,3)21-13(20)18(4)11-9-19(17-12(11)15)10-6-5-7-16-8-10/h5-9H,1-4H3. The van der Waals surface area contributed by atoms with Gasteiger partial charge in [-0.3, -0.25) is 9.88 Å². The van der Waals surface area contributed by atoms with E-state index in [1.165, 1.54) is 4.90 Å². The number of pyridine rings is 1. The molecule has 0 spiro atoms. The molecule has 112 valence electrons. The smallest absolute Gasteiger partial charge is 0.414 e. The van der Waals surface area contributed by atoms with Crippen molar-refractivity contribution in [3.63, 3.8) is 0 Å². The van der Waals surface area contributed by atoms with E-state index in [0.717, 1.165) is 5.69 Å². The molecule has 1 amide bonds. The first-order chi connectivity index (χ1) is 9.78. The molecule has 21 heavy (non-hydrogen) atoms. The minimum Gasteiger partial charge on any atom is -0.443 e. The Hall–Kier alpha value is -2.08. The fourth-order valence-electron chi connectivity index (χ4n) is 1.62. The van der Waals surface area contributed by atoms with Crippen molar-refractivity contribution in [1.29, 1.82) is 0 Å². The van der Waals surface area contributed by atoms with Crippen LogP contribution in [0.3, 0.4) is 0 Å². The number of carbonyl (C=O) groups excluding carboxylic acids is 1. The molecule has 0 saturated carbocycles. The average Bonchev–Trinajstić information content (AvgIpc) is 2.79. The van der Waals surface area contributed by atoms with Gasteiger partial charge in [0.15, 0.2) is 5.15 Å². The summed E-state index contributed by atoms with van der Waals surface area (Å²) in [6.45, 7) is 5.41. The van der Waals surface area contributed by atoms with Crippen LogP contribution in [-0.2, 0) is 4.74 Å². The van der Waals surface area contributed by atoms with Gasteiger partial charge in [0.2, 0.25) is 0 Å². The van der Waals surface area contributed by atoms with Crippen molar-refractivity contribution >= 4 is 23.4 Å². The summed E-state index contributed by atoms with van der Waals surface area (Å²) in [6.07, 6.45) is 4.49. The molecule has 2 aromatic heterocycles.